The molecule has 6 heteroatoms. The van der Waals surface area contributed by atoms with E-state index in [2.05, 4.69) is 15.6 Å². The maximum atomic E-state index is 12.7. The van der Waals surface area contributed by atoms with Gasteiger partial charge in [-0.1, -0.05) is 55.3 Å². The van der Waals surface area contributed by atoms with E-state index in [0.29, 0.717) is 28.2 Å². The zero-order valence-electron chi connectivity index (χ0n) is 15.8. The van der Waals surface area contributed by atoms with E-state index in [1.807, 2.05) is 30.3 Å². The molecule has 2 aromatic rings. The van der Waals surface area contributed by atoms with Gasteiger partial charge in [-0.3, -0.25) is 9.59 Å². The van der Waals surface area contributed by atoms with Crippen molar-refractivity contribution in [3.05, 3.63) is 76.9 Å². The number of rotatable bonds is 3. The number of nitrogens with one attached hydrogen (secondary N) is 2. The average molecular weight is 384 g/mol. The van der Waals surface area contributed by atoms with E-state index in [1.165, 1.54) is 0 Å². The molecule has 0 bridgehead atoms. The standard InChI is InChI=1S/C23H20N4O2/c24-14-19(23(29)25-16-10-4-5-11-16)20-17-12-6-7-13-18(17)21(26-20)27-22(28)15-8-2-1-3-9-15/h1-3,6-9,12-13,16H,4-5,10-11H2,(H,25,29)(H,26,27,28). The van der Waals surface area contributed by atoms with Crippen molar-refractivity contribution in [2.75, 3.05) is 0 Å². The third-order valence-electron chi connectivity index (χ3n) is 5.19. The van der Waals surface area contributed by atoms with Crippen molar-refractivity contribution in [3.63, 3.8) is 0 Å². The van der Waals surface area contributed by atoms with Gasteiger partial charge in [0.25, 0.3) is 11.8 Å². The van der Waals surface area contributed by atoms with Gasteiger partial charge in [0.2, 0.25) is 0 Å². The van der Waals surface area contributed by atoms with Crippen molar-refractivity contribution in [1.82, 2.24) is 10.6 Å². The molecule has 1 fully saturated rings. The first-order valence-electron chi connectivity index (χ1n) is 9.67. The number of benzene rings is 2. The summed E-state index contributed by atoms with van der Waals surface area (Å²) in [4.78, 5) is 29.8. The Morgan fingerprint density at radius 1 is 0.966 bits per heavy atom. The van der Waals surface area contributed by atoms with Gasteiger partial charge < -0.3 is 10.6 Å². The number of amidine groups is 1. The van der Waals surface area contributed by atoms with Gasteiger partial charge in [0, 0.05) is 22.7 Å². The summed E-state index contributed by atoms with van der Waals surface area (Å²) in [5.41, 5.74) is 2.11. The minimum atomic E-state index is -0.413. The number of fused-ring (bicyclic) bond motifs is 1. The van der Waals surface area contributed by atoms with Crippen molar-refractivity contribution in [2.24, 2.45) is 4.99 Å². The van der Waals surface area contributed by atoms with E-state index in [0.717, 1.165) is 25.7 Å². The van der Waals surface area contributed by atoms with E-state index >= 15 is 0 Å². The van der Waals surface area contributed by atoms with Crippen LogP contribution in [0.1, 0.15) is 47.2 Å². The first kappa shape index (κ1) is 18.6. The summed E-state index contributed by atoms with van der Waals surface area (Å²) in [6.07, 6.45) is 4.02. The first-order chi connectivity index (χ1) is 14.2. The minimum absolute atomic E-state index is 0.0340. The molecule has 0 radical (unpaired) electrons. The molecule has 0 atom stereocenters. The highest BCUT2D eigenvalue weighted by atomic mass is 16.2. The second-order valence-corrected chi connectivity index (χ2v) is 7.12. The Hall–Kier alpha value is -3.72. The summed E-state index contributed by atoms with van der Waals surface area (Å²) >= 11 is 0. The SMILES string of the molecule is N#CC(C(=O)NC1CCCC1)=C1N=C(NC(=O)c2ccccc2)c2ccccc21. The molecule has 0 aromatic heterocycles. The lowest BCUT2D eigenvalue weighted by atomic mass is 10.0. The molecule has 1 saturated carbocycles. The van der Waals surface area contributed by atoms with Crippen LogP contribution < -0.4 is 10.6 Å². The van der Waals surface area contributed by atoms with Crippen LogP contribution in [0.5, 0.6) is 0 Å². The number of hydrogen-bond acceptors (Lipinski definition) is 4. The van der Waals surface area contributed by atoms with Crippen LogP contribution >= 0.6 is 0 Å². The van der Waals surface area contributed by atoms with Crippen LogP contribution in [0.15, 0.2) is 65.2 Å². The quantitative estimate of drug-likeness (QED) is 0.629. The van der Waals surface area contributed by atoms with Crippen LogP contribution in [-0.2, 0) is 4.79 Å². The number of nitrogens with zero attached hydrogens (tertiary/aromatic N) is 2. The van der Waals surface area contributed by atoms with Gasteiger partial charge in [0.15, 0.2) is 0 Å². The molecule has 2 aromatic carbocycles. The lowest BCUT2D eigenvalue weighted by Crippen LogP contribution is -2.33. The van der Waals surface area contributed by atoms with E-state index in [1.54, 1.807) is 30.3 Å². The normalized spacial score (nSPS) is 17.1. The number of carbonyl (C=O) groups is 2. The van der Waals surface area contributed by atoms with Gasteiger partial charge in [-0.05, 0) is 25.0 Å². The highest BCUT2D eigenvalue weighted by molar-refractivity contribution is 6.20. The van der Waals surface area contributed by atoms with Crippen LogP contribution in [0.4, 0.5) is 0 Å². The number of hydrogen-bond donors (Lipinski definition) is 2. The largest absolute Gasteiger partial charge is 0.349 e. The third-order valence-corrected chi connectivity index (χ3v) is 5.19. The first-order valence-corrected chi connectivity index (χ1v) is 9.67. The molecule has 0 saturated heterocycles. The van der Waals surface area contributed by atoms with Gasteiger partial charge in [0.1, 0.15) is 17.5 Å². The highest BCUT2D eigenvalue weighted by Crippen LogP contribution is 2.31. The predicted octanol–water partition coefficient (Wildman–Crippen LogP) is 3.17. The van der Waals surface area contributed by atoms with E-state index in [-0.39, 0.29) is 17.5 Å². The Balaban J connectivity index is 1.67. The van der Waals surface area contributed by atoms with E-state index in [4.69, 9.17) is 0 Å². The summed E-state index contributed by atoms with van der Waals surface area (Å²) < 4.78 is 0. The second-order valence-electron chi connectivity index (χ2n) is 7.12. The molecular formula is C23H20N4O2. The molecule has 0 spiro atoms. The Bertz CT molecular complexity index is 1060. The smallest absolute Gasteiger partial charge is 0.264 e. The summed E-state index contributed by atoms with van der Waals surface area (Å²) in [6, 6.07) is 18.2. The predicted molar refractivity (Wildman–Crippen MR) is 110 cm³/mol. The van der Waals surface area contributed by atoms with E-state index in [9.17, 15) is 14.9 Å². The zero-order valence-corrected chi connectivity index (χ0v) is 15.8. The molecule has 1 heterocycles. The van der Waals surface area contributed by atoms with Gasteiger partial charge >= 0.3 is 0 Å². The van der Waals surface area contributed by atoms with Crippen molar-refractivity contribution in [3.8, 4) is 6.07 Å². The number of nitriles is 1. The van der Waals surface area contributed by atoms with Crippen molar-refractivity contribution in [2.45, 2.75) is 31.7 Å². The van der Waals surface area contributed by atoms with Crippen molar-refractivity contribution in [1.29, 1.82) is 5.26 Å². The summed E-state index contributed by atoms with van der Waals surface area (Å²) in [5.74, 6) is -0.372. The molecule has 144 valence electrons. The fourth-order valence-electron chi connectivity index (χ4n) is 3.72. The van der Waals surface area contributed by atoms with Gasteiger partial charge in [-0.2, -0.15) is 5.26 Å². The molecule has 6 nitrogen and oxygen atoms in total. The van der Waals surface area contributed by atoms with Gasteiger partial charge in [0.05, 0.1) is 5.70 Å². The van der Waals surface area contributed by atoms with E-state index < -0.39 is 5.91 Å². The summed E-state index contributed by atoms with van der Waals surface area (Å²) in [5, 5.41) is 15.4. The van der Waals surface area contributed by atoms with Crippen LogP contribution in [0, 0.1) is 11.3 Å². The molecule has 1 aliphatic carbocycles. The Morgan fingerprint density at radius 2 is 1.62 bits per heavy atom. The summed E-state index contributed by atoms with van der Waals surface area (Å²) in [7, 11) is 0. The second kappa shape index (κ2) is 8.11. The van der Waals surface area contributed by atoms with Crippen LogP contribution in [0.25, 0.3) is 5.70 Å². The number of amides is 2. The number of carbonyl (C=O) groups excluding carboxylic acids is 2. The summed E-state index contributed by atoms with van der Waals surface area (Å²) in [6.45, 7) is 0. The lowest BCUT2D eigenvalue weighted by Gasteiger charge is -2.11. The Morgan fingerprint density at radius 3 is 2.31 bits per heavy atom. The minimum Gasteiger partial charge on any atom is -0.349 e. The maximum absolute atomic E-state index is 12.7. The lowest BCUT2D eigenvalue weighted by molar-refractivity contribution is -0.117. The number of aliphatic imine (C=N–C) groups is 1. The maximum Gasteiger partial charge on any atom is 0.264 e. The monoisotopic (exact) mass is 384 g/mol. The molecule has 2 amide bonds. The molecule has 0 unspecified atom stereocenters. The molecule has 2 aliphatic rings. The molecule has 1 aliphatic heterocycles. The topological polar surface area (TPSA) is 94.3 Å². The van der Waals surface area contributed by atoms with Crippen LogP contribution in [0.3, 0.4) is 0 Å². The Labute approximate surface area is 169 Å². The Kier molecular flexibility index (Phi) is 5.21. The molecular weight excluding hydrogens is 364 g/mol. The van der Waals surface area contributed by atoms with Crippen molar-refractivity contribution >= 4 is 23.3 Å². The molecule has 2 N–H and O–H groups in total. The fourth-order valence-corrected chi connectivity index (χ4v) is 3.72. The van der Waals surface area contributed by atoms with Crippen LogP contribution in [-0.4, -0.2) is 23.7 Å². The fraction of sp³-hybridized carbons (Fsp3) is 0.217. The molecule has 4 rings (SSSR count). The molecule has 29 heavy (non-hydrogen) atoms. The zero-order chi connectivity index (χ0) is 20.2. The third kappa shape index (κ3) is 3.81. The van der Waals surface area contributed by atoms with Gasteiger partial charge in [-0.15, -0.1) is 0 Å². The highest BCUT2D eigenvalue weighted by Gasteiger charge is 2.28. The van der Waals surface area contributed by atoms with Crippen molar-refractivity contribution < 1.29 is 9.59 Å². The van der Waals surface area contributed by atoms with Gasteiger partial charge in [-0.25, -0.2) is 4.99 Å². The van der Waals surface area contributed by atoms with Crippen LogP contribution in [0.2, 0.25) is 0 Å². The average Bonchev–Trinajstić information content (AvgIpc) is 3.38.